The van der Waals surface area contributed by atoms with E-state index < -0.39 is 179 Å². The number of nitrogens with two attached hydrogens (primary N) is 2. The van der Waals surface area contributed by atoms with Crippen LogP contribution < -0.4 is 54.2 Å². The van der Waals surface area contributed by atoms with Gasteiger partial charge in [-0.3, -0.25) is 71.9 Å². The van der Waals surface area contributed by atoms with Gasteiger partial charge in [0.05, 0.1) is 53.1 Å². The topological polar surface area (TPSA) is 478 Å². The van der Waals surface area contributed by atoms with Crippen molar-refractivity contribution in [3.8, 4) is 0 Å². The van der Waals surface area contributed by atoms with E-state index in [-0.39, 0.29) is 86.9 Å². The first kappa shape index (κ1) is 89.1. The first-order chi connectivity index (χ1) is 51.0. The van der Waals surface area contributed by atoms with Crippen LogP contribution in [-0.4, -0.2) is 163 Å². The molecule has 2 heterocycles. The number of nitrogens with one attached hydrogen (secondary N) is 9. The minimum atomic E-state index is -1.76. The summed E-state index contributed by atoms with van der Waals surface area (Å²) in [5, 5.41) is 36.9. The van der Waals surface area contributed by atoms with E-state index in [9.17, 15) is 77.3 Å². The van der Waals surface area contributed by atoms with Crippen molar-refractivity contribution in [3.63, 3.8) is 0 Å². The third kappa shape index (κ3) is 27.6. The lowest BCUT2D eigenvalue weighted by Gasteiger charge is -2.35. The number of ketones is 7. The molecule has 3 aromatic rings. The molecule has 1 aliphatic heterocycles. The van der Waals surface area contributed by atoms with Crippen LogP contribution >= 0.6 is 0 Å². The van der Waals surface area contributed by atoms with Gasteiger partial charge < -0.3 is 58.6 Å². The Kier molecular flexibility index (Phi) is 35.4. The summed E-state index contributed by atoms with van der Waals surface area (Å²) < 4.78 is 0. The highest BCUT2D eigenvalue weighted by Crippen LogP contribution is 2.34. The maximum absolute atomic E-state index is 15.2. The third-order valence-corrected chi connectivity index (χ3v) is 20.9. The molecule has 0 saturated heterocycles. The van der Waals surface area contributed by atoms with Gasteiger partial charge in [0.1, 0.15) is 17.4 Å². The van der Waals surface area contributed by atoms with Crippen molar-refractivity contribution < 1.29 is 86.9 Å². The number of rotatable bonds is 29. The van der Waals surface area contributed by atoms with Crippen molar-refractivity contribution in [3.05, 3.63) is 83.6 Å². The molecule has 0 bridgehead atoms. The second-order valence-electron chi connectivity index (χ2n) is 30.2. The zero-order chi connectivity index (χ0) is 80.2. The van der Waals surface area contributed by atoms with E-state index in [0.29, 0.717) is 73.4 Å². The Bertz CT molecular complexity index is 3750. The van der Waals surface area contributed by atoms with Gasteiger partial charge in [-0.2, -0.15) is 0 Å². The molecule has 4 unspecified atom stereocenters. The molecular formula is C79H113N11O18. The number of aromatic carboxylic acids is 1. The fraction of sp³-hybridized carbons (Fsp3) is 0.595. The fourth-order valence-corrected chi connectivity index (χ4v) is 13.5. The Balaban J connectivity index is 1.53. The molecule has 0 spiro atoms. The molecule has 29 nitrogen and oxygen atoms in total. The molecule has 1 aliphatic carbocycles. The van der Waals surface area contributed by atoms with Crippen LogP contribution in [0.4, 0.5) is 0 Å². The fourth-order valence-electron chi connectivity index (χ4n) is 13.5. The summed E-state index contributed by atoms with van der Waals surface area (Å²) >= 11 is 0. The molecule has 0 radical (unpaired) electrons. The van der Waals surface area contributed by atoms with Crippen LogP contribution in [0.15, 0.2) is 66.9 Å². The van der Waals surface area contributed by atoms with Crippen molar-refractivity contribution in [2.24, 2.45) is 46.5 Å². The number of hydrazine groups is 1. The third-order valence-electron chi connectivity index (χ3n) is 20.9. The summed E-state index contributed by atoms with van der Waals surface area (Å²) in [6, 6.07) is 2.79. The molecule has 1 saturated carbocycles. The SMILES string of the molecule is CCC(C)[C@H](NNC(C)C(=O)C(=O)C(C)NC(=O)[C@]1(C)CCC/C=C/CCCCCC[C@@](C)(CC(C)=O)C(=O)N[C@@H](CCC(=O)O)C(=O)N[C@@H](Cc2ccc(C(=O)O)cc2)C(=O)C[C@@H](Cc2c[nH]c3ccccc23)C(=O)NC(C)C(=O)C(=O)[C@H](CCC(N)=O)NC[C@@H](CC2CCC2)C(=O)N1)C(=O)C[C@H](C)C(N)=O. The van der Waals surface area contributed by atoms with Gasteiger partial charge in [-0.15, -0.1) is 0 Å². The number of carboxylic acids is 2. The quantitative estimate of drug-likeness (QED) is 0.0238. The number of hydrogen-bond donors (Lipinski definition) is 13. The van der Waals surface area contributed by atoms with Gasteiger partial charge in [-0.25, -0.2) is 15.6 Å². The second kappa shape index (κ2) is 42.9. The monoisotopic (exact) mass is 1500 g/mol. The Morgan fingerprint density at radius 3 is 1.94 bits per heavy atom. The molecule has 13 atom stereocenters. The van der Waals surface area contributed by atoms with E-state index in [1.807, 2.05) is 19.1 Å². The number of para-hydroxylation sites is 1. The molecule has 1 fully saturated rings. The van der Waals surface area contributed by atoms with Crippen molar-refractivity contribution >= 4 is 105 Å². The normalized spacial score (nSPS) is 24.5. The maximum Gasteiger partial charge on any atom is 0.335 e. The predicted molar refractivity (Wildman–Crippen MR) is 401 cm³/mol. The first-order valence-corrected chi connectivity index (χ1v) is 37.8. The minimum absolute atomic E-state index is 0.00594. The van der Waals surface area contributed by atoms with Crippen molar-refractivity contribution in [1.29, 1.82) is 0 Å². The summed E-state index contributed by atoms with van der Waals surface area (Å²) in [7, 11) is 0. The molecule has 7 amide bonds. The predicted octanol–water partition coefficient (Wildman–Crippen LogP) is 5.30. The smallest absolute Gasteiger partial charge is 0.335 e. The van der Waals surface area contributed by atoms with Gasteiger partial charge in [0.2, 0.25) is 64.5 Å². The number of primary amides is 2. The molecular weight excluding hydrogens is 1390 g/mol. The standard InChI is InChI=1S/C79H113N11O18/c1-10-45(2)66(63(93)37-46(3)71(81)101)90-89-50(7)69(99)67(97)49(6)85-77(108)79(9)36-21-17-15-13-11-12-14-16-20-35-78(8,42-47(4)91)76(107)87-60(32-34-65(95)96)74(104)86-61(39-52-27-29-53(30-28-52)75(105)106)62(92)41-54(40-55-43-82-58-26-19-18-25-57(55)58)72(102)84-48(5)68(98)70(100)59(31-33-64(80)94)83-44-56(73(103)88-79)38-51-23-22-24-51/h13,15,18-19,25-30,43,45-46,48-51,54,56,59-61,66,82-83,89-90H,10-12,14,16-17,20-24,31-42,44H2,1-9H3,(H2,80,94)(H2,81,101)(H,84,102)(H,85,108)(H,86,104)(H,87,107)(H,88,103)(H,95,96)(H,105,106)/b15-13+/t45?,46-,48?,49?,50?,54+,56+,59-,60-,61-,66-,78-,79-/m0/s1. The summed E-state index contributed by atoms with van der Waals surface area (Å²) in [6.07, 6.45) is 9.38. The highest BCUT2D eigenvalue weighted by Gasteiger charge is 2.43. The number of carbonyl (C=O) groups excluding carboxylic acids is 14. The van der Waals surface area contributed by atoms with E-state index >= 15 is 9.59 Å². The van der Waals surface area contributed by atoms with Gasteiger partial charge in [0, 0.05) is 67.6 Å². The van der Waals surface area contributed by atoms with Crippen LogP contribution in [0.5, 0.6) is 0 Å². The van der Waals surface area contributed by atoms with Crippen molar-refractivity contribution in [1.82, 2.24) is 47.7 Å². The molecule has 2 aromatic carbocycles. The van der Waals surface area contributed by atoms with Gasteiger partial charge in [-0.1, -0.05) is 115 Å². The van der Waals surface area contributed by atoms with E-state index in [1.54, 1.807) is 44.3 Å². The van der Waals surface area contributed by atoms with Gasteiger partial charge in [0.15, 0.2) is 11.6 Å². The number of aromatic amines is 1. The number of aliphatic carboxylic acids is 1. The number of hydrogen-bond acceptors (Lipinski definition) is 19. The van der Waals surface area contributed by atoms with Crippen LogP contribution in [0.1, 0.15) is 219 Å². The van der Waals surface area contributed by atoms with E-state index in [4.69, 9.17) is 11.5 Å². The Labute approximate surface area is 631 Å². The van der Waals surface area contributed by atoms with Crippen LogP contribution in [-0.2, 0) is 84.8 Å². The minimum Gasteiger partial charge on any atom is -0.481 e. The Hall–Kier alpha value is -9.48. The molecule has 29 heteroatoms. The van der Waals surface area contributed by atoms with Gasteiger partial charge >= 0.3 is 11.9 Å². The van der Waals surface area contributed by atoms with Crippen molar-refractivity contribution in [2.45, 2.75) is 258 Å². The molecule has 108 heavy (non-hydrogen) atoms. The van der Waals surface area contributed by atoms with Gasteiger partial charge in [0.25, 0.3) is 0 Å². The summed E-state index contributed by atoms with van der Waals surface area (Å²) in [4.78, 5) is 224. The number of Topliss-reactive ketones (excluding diaryl/α,β-unsaturated/α-hetero) is 7. The summed E-state index contributed by atoms with van der Waals surface area (Å²) in [5.74, 6) is -17.1. The van der Waals surface area contributed by atoms with Crippen molar-refractivity contribution in [2.75, 3.05) is 6.54 Å². The lowest BCUT2D eigenvalue weighted by atomic mass is 9.78. The number of benzene rings is 2. The van der Waals surface area contributed by atoms with E-state index in [0.717, 1.165) is 19.3 Å². The second-order valence-corrected chi connectivity index (χ2v) is 30.2. The molecule has 5 rings (SSSR count). The largest absolute Gasteiger partial charge is 0.481 e. The number of H-pyrrole nitrogens is 1. The lowest BCUT2D eigenvalue weighted by molar-refractivity contribution is -0.141. The molecule has 592 valence electrons. The summed E-state index contributed by atoms with van der Waals surface area (Å²) in [5.41, 5.74) is 15.0. The van der Waals surface area contributed by atoms with Crippen LogP contribution in [0, 0.1) is 35.0 Å². The number of carboxylic acid groups (broad SMARTS) is 2. The average molecular weight is 1500 g/mol. The van der Waals surface area contributed by atoms with Gasteiger partial charge in [-0.05, 0) is 146 Å². The lowest BCUT2D eigenvalue weighted by Crippen LogP contribution is -2.61. The zero-order valence-electron chi connectivity index (χ0n) is 63.8. The molecule has 1 aromatic heterocycles. The number of aromatic nitrogens is 1. The number of fused-ring (bicyclic) bond motifs is 1. The number of allylic oxidation sites excluding steroid dienone is 2. The Morgan fingerprint density at radius 2 is 1.32 bits per heavy atom. The Morgan fingerprint density at radius 1 is 0.676 bits per heavy atom. The zero-order valence-corrected chi connectivity index (χ0v) is 63.8. The highest BCUT2D eigenvalue weighted by molar-refractivity contribution is 6.41. The van der Waals surface area contributed by atoms with Crippen LogP contribution in [0.25, 0.3) is 10.9 Å². The van der Waals surface area contributed by atoms with Crippen LogP contribution in [0.3, 0.4) is 0 Å². The number of carbonyl (C=O) groups is 16. The number of amides is 7. The van der Waals surface area contributed by atoms with E-state index in [1.165, 1.54) is 65.8 Å². The first-order valence-electron chi connectivity index (χ1n) is 37.8. The van der Waals surface area contributed by atoms with Crippen LogP contribution in [0.2, 0.25) is 0 Å². The molecule has 15 N–H and O–H groups in total. The maximum atomic E-state index is 15.2. The average Bonchev–Trinajstić information content (AvgIpc) is 1.26. The summed E-state index contributed by atoms with van der Waals surface area (Å²) in [6.45, 7) is 13.2. The highest BCUT2D eigenvalue weighted by atomic mass is 16.4. The molecule has 2 aliphatic rings. The van der Waals surface area contributed by atoms with E-state index in [2.05, 4.69) is 47.7 Å².